The van der Waals surface area contributed by atoms with Crippen LogP contribution in [0.4, 0.5) is 17.2 Å². The number of aromatic nitrogens is 1. The van der Waals surface area contributed by atoms with Gasteiger partial charge in [-0.1, -0.05) is 6.07 Å². The zero-order valence-electron chi connectivity index (χ0n) is 11.7. The van der Waals surface area contributed by atoms with Gasteiger partial charge in [0.05, 0.1) is 12.7 Å². The van der Waals surface area contributed by atoms with Crippen LogP contribution < -0.4 is 10.6 Å². The third-order valence-electron chi connectivity index (χ3n) is 2.64. The number of rotatable bonds is 4. The molecule has 1 amide bonds. The summed E-state index contributed by atoms with van der Waals surface area (Å²) in [5, 5.41) is 5.76. The molecule has 2 aromatic rings. The van der Waals surface area contributed by atoms with E-state index in [0.29, 0.717) is 17.1 Å². The average Bonchev–Trinajstić information content (AvgIpc) is 2.46. The quantitative estimate of drug-likeness (QED) is 0.844. The first-order chi connectivity index (χ1) is 10.1. The summed E-state index contributed by atoms with van der Waals surface area (Å²) in [6.07, 6.45) is 1.52. The van der Waals surface area contributed by atoms with E-state index in [-0.39, 0.29) is 5.91 Å². The summed E-state index contributed by atoms with van der Waals surface area (Å²) < 4.78 is 4.66. The Morgan fingerprint density at radius 3 is 2.62 bits per heavy atom. The number of hydrogen-bond donors (Lipinski definition) is 2. The number of anilines is 3. The number of nitrogens with one attached hydrogen (secondary N) is 2. The van der Waals surface area contributed by atoms with Gasteiger partial charge in [-0.05, 0) is 30.3 Å². The molecule has 2 N–H and O–H groups in total. The number of ether oxygens (including phenoxy) is 1. The van der Waals surface area contributed by atoms with Gasteiger partial charge in [-0.2, -0.15) is 0 Å². The van der Waals surface area contributed by atoms with Crippen LogP contribution in [0.5, 0.6) is 0 Å². The highest BCUT2D eigenvalue weighted by Crippen LogP contribution is 2.19. The maximum absolute atomic E-state index is 11.5. The summed E-state index contributed by atoms with van der Waals surface area (Å²) in [5.74, 6) is -0.0525. The Kier molecular flexibility index (Phi) is 4.50. The lowest BCUT2D eigenvalue weighted by molar-refractivity contribution is -0.114. The van der Waals surface area contributed by atoms with Crippen LogP contribution in [0.2, 0.25) is 0 Å². The molecule has 0 saturated carbocycles. The fourth-order valence-corrected chi connectivity index (χ4v) is 1.77. The predicted octanol–water partition coefficient (Wildman–Crippen LogP) is 2.57. The van der Waals surface area contributed by atoms with Crippen molar-refractivity contribution >= 4 is 29.1 Å². The maximum atomic E-state index is 11.5. The molecule has 0 aliphatic heterocycles. The topological polar surface area (TPSA) is 80.3 Å². The Morgan fingerprint density at radius 2 is 1.90 bits per heavy atom. The Balaban J connectivity index is 2.18. The first-order valence-corrected chi connectivity index (χ1v) is 6.27. The molecule has 0 aliphatic rings. The molecule has 0 aliphatic carbocycles. The summed E-state index contributed by atoms with van der Waals surface area (Å²) >= 11 is 0. The second kappa shape index (κ2) is 6.51. The van der Waals surface area contributed by atoms with Crippen molar-refractivity contribution in [1.82, 2.24) is 4.98 Å². The van der Waals surface area contributed by atoms with Gasteiger partial charge in [0.15, 0.2) is 0 Å². The van der Waals surface area contributed by atoms with Gasteiger partial charge >= 0.3 is 5.97 Å². The molecule has 0 bridgehead atoms. The van der Waals surface area contributed by atoms with Crippen molar-refractivity contribution in [2.75, 3.05) is 17.7 Å². The van der Waals surface area contributed by atoms with E-state index < -0.39 is 5.97 Å². The molecule has 1 aromatic carbocycles. The average molecular weight is 285 g/mol. The van der Waals surface area contributed by atoms with E-state index in [0.717, 1.165) is 5.69 Å². The maximum Gasteiger partial charge on any atom is 0.338 e. The molecule has 21 heavy (non-hydrogen) atoms. The second-order valence-corrected chi connectivity index (χ2v) is 4.31. The van der Waals surface area contributed by atoms with Crippen LogP contribution >= 0.6 is 0 Å². The molecule has 1 aromatic heterocycles. The minimum atomic E-state index is -0.424. The zero-order valence-corrected chi connectivity index (χ0v) is 11.7. The van der Waals surface area contributed by atoms with Crippen LogP contribution in [0.3, 0.4) is 0 Å². The number of benzene rings is 1. The van der Waals surface area contributed by atoms with E-state index in [1.165, 1.54) is 20.2 Å². The molecular formula is C15H15N3O3. The summed E-state index contributed by atoms with van der Waals surface area (Å²) in [7, 11) is 1.33. The normalized spacial score (nSPS) is 9.81. The molecule has 0 fully saturated rings. The minimum absolute atomic E-state index is 0.141. The third kappa shape index (κ3) is 4.04. The molecule has 0 radical (unpaired) electrons. The van der Waals surface area contributed by atoms with Crippen molar-refractivity contribution in [3.63, 3.8) is 0 Å². The number of amides is 1. The number of pyridine rings is 1. The lowest BCUT2D eigenvalue weighted by Gasteiger charge is -2.09. The molecule has 0 spiro atoms. The summed E-state index contributed by atoms with van der Waals surface area (Å²) in [6, 6.07) is 10.4. The van der Waals surface area contributed by atoms with Gasteiger partial charge in [-0.3, -0.25) is 4.79 Å². The van der Waals surface area contributed by atoms with Gasteiger partial charge in [-0.15, -0.1) is 0 Å². The molecule has 108 valence electrons. The Labute approximate surface area is 122 Å². The minimum Gasteiger partial charge on any atom is -0.465 e. The molecule has 6 nitrogen and oxygen atoms in total. The molecule has 0 unspecified atom stereocenters. The van der Waals surface area contributed by atoms with Gasteiger partial charge < -0.3 is 15.4 Å². The molecular weight excluding hydrogens is 270 g/mol. The van der Waals surface area contributed by atoms with Crippen LogP contribution in [0.25, 0.3) is 0 Å². The monoisotopic (exact) mass is 285 g/mol. The summed E-state index contributed by atoms with van der Waals surface area (Å²) in [6.45, 7) is 1.45. The van der Waals surface area contributed by atoms with Crippen molar-refractivity contribution in [2.45, 2.75) is 6.92 Å². The summed E-state index contributed by atoms with van der Waals surface area (Å²) in [5.41, 5.74) is 1.83. The number of nitrogens with zero attached hydrogens (tertiary/aromatic N) is 1. The molecule has 2 rings (SSSR count). The highest BCUT2D eigenvalue weighted by atomic mass is 16.5. The van der Waals surface area contributed by atoms with E-state index >= 15 is 0 Å². The van der Waals surface area contributed by atoms with Gasteiger partial charge in [0.2, 0.25) is 5.91 Å². The summed E-state index contributed by atoms with van der Waals surface area (Å²) in [4.78, 5) is 26.6. The zero-order chi connectivity index (χ0) is 15.2. The van der Waals surface area contributed by atoms with Crippen LogP contribution in [-0.4, -0.2) is 24.0 Å². The number of carbonyl (C=O) groups is 2. The number of hydrogen-bond acceptors (Lipinski definition) is 5. The van der Waals surface area contributed by atoms with Crippen molar-refractivity contribution in [3.05, 3.63) is 48.2 Å². The van der Waals surface area contributed by atoms with E-state index in [1.54, 1.807) is 30.3 Å². The van der Waals surface area contributed by atoms with E-state index in [2.05, 4.69) is 20.4 Å². The smallest absolute Gasteiger partial charge is 0.338 e. The first kappa shape index (κ1) is 14.5. The van der Waals surface area contributed by atoms with Crippen LogP contribution in [-0.2, 0) is 9.53 Å². The number of esters is 1. The Bertz CT molecular complexity index is 671. The van der Waals surface area contributed by atoms with E-state index in [9.17, 15) is 9.59 Å². The third-order valence-corrected chi connectivity index (χ3v) is 2.64. The van der Waals surface area contributed by atoms with E-state index in [1.807, 2.05) is 6.07 Å². The number of carbonyl (C=O) groups excluding carboxylic acids is 2. The molecule has 0 atom stereocenters. The lowest BCUT2D eigenvalue weighted by Crippen LogP contribution is -2.06. The Hall–Kier alpha value is -2.89. The fourth-order valence-electron chi connectivity index (χ4n) is 1.77. The van der Waals surface area contributed by atoms with Gasteiger partial charge in [0.1, 0.15) is 5.82 Å². The van der Waals surface area contributed by atoms with Crippen molar-refractivity contribution in [1.29, 1.82) is 0 Å². The predicted molar refractivity (Wildman–Crippen MR) is 79.6 cm³/mol. The molecule has 1 heterocycles. The van der Waals surface area contributed by atoms with Crippen molar-refractivity contribution in [3.8, 4) is 0 Å². The lowest BCUT2D eigenvalue weighted by atomic mass is 10.2. The Morgan fingerprint density at radius 1 is 1.14 bits per heavy atom. The van der Waals surface area contributed by atoms with Crippen LogP contribution in [0, 0.1) is 0 Å². The SMILES string of the molecule is COC(=O)c1ccnc(Nc2cccc(NC(C)=O)c2)c1. The van der Waals surface area contributed by atoms with Crippen molar-refractivity contribution < 1.29 is 14.3 Å². The van der Waals surface area contributed by atoms with Gasteiger partial charge in [-0.25, -0.2) is 9.78 Å². The van der Waals surface area contributed by atoms with Crippen LogP contribution in [0.1, 0.15) is 17.3 Å². The standard InChI is InChI=1S/C15H15N3O3/c1-10(19)17-12-4-3-5-13(9-12)18-14-8-11(6-7-16-14)15(20)21-2/h3-9H,1-2H3,(H,16,18)(H,17,19). The van der Waals surface area contributed by atoms with E-state index in [4.69, 9.17) is 0 Å². The van der Waals surface area contributed by atoms with Crippen molar-refractivity contribution in [2.24, 2.45) is 0 Å². The van der Waals surface area contributed by atoms with Crippen LogP contribution in [0.15, 0.2) is 42.6 Å². The largest absolute Gasteiger partial charge is 0.465 e. The molecule has 6 heteroatoms. The molecule has 0 saturated heterocycles. The fraction of sp³-hybridized carbons (Fsp3) is 0.133. The highest BCUT2D eigenvalue weighted by molar-refractivity contribution is 5.90. The second-order valence-electron chi connectivity index (χ2n) is 4.31. The van der Waals surface area contributed by atoms with Gasteiger partial charge in [0, 0.05) is 24.5 Å². The highest BCUT2D eigenvalue weighted by Gasteiger charge is 2.06. The first-order valence-electron chi connectivity index (χ1n) is 6.27. The number of methoxy groups -OCH3 is 1. The van der Waals surface area contributed by atoms with Gasteiger partial charge in [0.25, 0.3) is 0 Å².